The second-order valence-corrected chi connectivity index (χ2v) is 10.6. The maximum atomic E-state index is 9.80. The molecule has 2 fully saturated rings. The molecule has 0 atom stereocenters. The number of piperidine rings is 2. The van der Waals surface area contributed by atoms with Gasteiger partial charge < -0.3 is 30.8 Å². The molecule has 0 saturated carbocycles. The van der Waals surface area contributed by atoms with Gasteiger partial charge >= 0.3 is 11.9 Å². The van der Waals surface area contributed by atoms with Crippen LogP contribution in [-0.2, 0) is 9.59 Å². The maximum absolute atomic E-state index is 9.80. The van der Waals surface area contributed by atoms with Gasteiger partial charge in [-0.1, -0.05) is 0 Å². The van der Waals surface area contributed by atoms with Gasteiger partial charge in [0.25, 0.3) is 0 Å². The summed E-state index contributed by atoms with van der Waals surface area (Å²) in [5, 5.41) is 56.2. The van der Waals surface area contributed by atoms with Crippen molar-refractivity contribution >= 4 is 11.9 Å². The Bertz CT molecular complexity index is 516. The molecular formula is C20H40N2O8. The number of hydrogen-bond acceptors (Lipinski definition) is 8. The summed E-state index contributed by atoms with van der Waals surface area (Å²) in [6.45, 7) is 15.5. The number of aliphatic hydroxyl groups excluding tert-OH is 2. The summed E-state index contributed by atoms with van der Waals surface area (Å²) in [5.74, 6) is -3.65. The van der Waals surface area contributed by atoms with Gasteiger partial charge in [-0.15, -0.1) is 0 Å². The van der Waals surface area contributed by atoms with Crippen molar-refractivity contribution in [1.82, 2.24) is 10.1 Å². The number of aliphatic hydroxyl groups is 2. The van der Waals surface area contributed by atoms with Crippen molar-refractivity contribution in [2.24, 2.45) is 0 Å². The number of carbonyl (C=O) groups is 2. The molecule has 0 aromatic heterocycles. The van der Waals surface area contributed by atoms with Gasteiger partial charge in [0.1, 0.15) is 0 Å². The van der Waals surface area contributed by atoms with Gasteiger partial charge in [-0.2, -0.15) is 10.1 Å². The van der Waals surface area contributed by atoms with Crippen molar-refractivity contribution in [3.8, 4) is 0 Å². The monoisotopic (exact) mass is 436 g/mol. The average Bonchev–Trinajstić information content (AvgIpc) is 2.49. The summed E-state index contributed by atoms with van der Waals surface area (Å²) in [4.78, 5) is 18.2. The molecule has 2 aliphatic rings. The van der Waals surface area contributed by atoms with Gasteiger partial charge in [-0.05, 0) is 81.1 Å². The molecule has 2 aliphatic heterocycles. The van der Waals surface area contributed by atoms with E-state index in [4.69, 9.17) is 19.8 Å². The second kappa shape index (κ2) is 9.88. The highest BCUT2D eigenvalue weighted by Crippen LogP contribution is 2.37. The van der Waals surface area contributed by atoms with Gasteiger partial charge in [0.2, 0.25) is 0 Å². The third-order valence-electron chi connectivity index (χ3n) is 5.42. The van der Waals surface area contributed by atoms with Gasteiger partial charge in [0, 0.05) is 22.2 Å². The second-order valence-electron chi connectivity index (χ2n) is 10.6. The lowest BCUT2D eigenvalue weighted by Crippen LogP contribution is -2.60. The predicted octanol–water partition coefficient (Wildman–Crippen LogP) is 1.93. The van der Waals surface area contributed by atoms with Gasteiger partial charge in [-0.3, -0.25) is 0 Å². The van der Waals surface area contributed by atoms with E-state index >= 15 is 0 Å². The maximum Gasteiger partial charge on any atom is 0.414 e. The molecular weight excluding hydrogens is 396 g/mol. The number of carboxylic acid groups (broad SMARTS) is 2. The standard InChI is InChI=1S/2C9H19NO2.C2H2O4/c2*1-8(2)5-7(11)6-9(3,4)10(8)12;3-1(4)2(5)6/h2*7,11-12H,5-6H2,1-4H3;(H,3,4)(H,5,6). The summed E-state index contributed by atoms with van der Waals surface area (Å²) in [7, 11) is 0. The van der Waals surface area contributed by atoms with Gasteiger partial charge in [-0.25, -0.2) is 9.59 Å². The fraction of sp³-hybridized carbons (Fsp3) is 0.900. The molecule has 2 heterocycles. The minimum atomic E-state index is -1.82. The SMILES string of the molecule is CC1(C)CC(O)CC(C)(C)N1O.CC1(C)CC(O)CC(C)(C)N1O.O=C(O)C(=O)O. The molecule has 0 unspecified atom stereocenters. The molecule has 0 radical (unpaired) electrons. The Hall–Kier alpha value is -1.30. The lowest BCUT2D eigenvalue weighted by atomic mass is 9.80. The smallest absolute Gasteiger partial charge is 0.414 e. The van der Waals surface area contributed by atoms with Crippen LogP contribution in [0.15, 0.2) is 0 Å². The van der Waals surface area contributed by atoms with E-state index in [1.54, 1.807) is 0 Å². The Morgan fingerprint density at radius 2 is 0.767 bits per heavy atom. The third-order valence-corrected chi connectivity index (χ3v) is 5.42. The number of hydrogen-bond donors (Lipinski definition) is 6. The zero-order valence-corrected chi connectivity index (χ0v) is 19.4. The van der Waals surface area contributed by atoms with Crippen molar-refractivity contribution in [3.63, 3.8) is 0 Å². The Balaban J connectivity index is 0.000000447. The predicted molar refractivity (Wildman–Crippen MR) is 109 cm³/mol. The van der Waals surface area contributed by atoms with E-state index in [0.717, 1.165) is 0 Å². The number of nitrogens with zero attached hydrogens (tertiary/aromatic N) is 2. The van der Waals surface area contributed by atoms with Gasteiger partial charge in [0.15, 0.2) is 0 Å². The molecule has 0 bridgehead atoms. The van der Waals surface area contributed by atoms with Crippen molar-refractivity contribution in [1.29, 1.82) is 0 Å². The summed E-state index contributed by atoms with van der Waals surface area (Å²) in [6, 6.07) is 0. The van der Waals surface area contributed by atoms with Crippen LogP contribution in [0.5, 0.6) is 0 Å². The van der Waals surface area contributed by atoms with E-state index in [9.17, 15) is 20.6 Å². The normalized spacial score (nSPS) is 25.9. The first-order chi connectivity index (χ1) is 13.2. The Kier molecular flexibility index (Phi) is 9.45. The Morgan fingerprint density at radius 3 is 0.900 bits per heavy atom. The van der Waals surface area contributed by atoms with E-state index in [-0.39, 0.29) is 34.4 Å². The molecule has 0 aromatic carbocycles. The quantitative estimate of drug-likeness (QED) is 0.309. The molecule has 0 aromatic rings. The lowest BCUT2D eigenvalue weighted by Gasteiger charge is -2.50. The molecule has 10 heteroatoms. The van der Waals surface area contributed by atoms with E-state index in [0.29, 0.717) is 25.7 Å². The zero-order valence-electron chi connectivity index (χ0n) is 19.4. The topological polar surface area (TPSA) is 162 Å². The van der Waals surface area contributed by atoms with Crippen molar-refractivity contribution < 1.29 is 40.4 Å². The number of aliphatic carboxylic acids is 2. The van der Waals surface area contributed by atoms with Crippen molar-refractivity contribution in [2.45, 2.75) is 115 Å². The molecule has 6 N–H and O–H groups in total. The van der Waals surface area contributed by atoms with Crippen LogP contribution in [0.2, 0.25) is 0 Å². The Labute approximate surface area is 178 Å². The average molecular weight is 437 g/mol. The molecule has 2 saturated heterocycles. The molecule has 0 amide bonds. The fourth-order valence-electron chi connectivity index (χ4n) is 4.44. The van der Waals surface area contributed by atoms with Crippen molar-refractivity contribution in [3.05, 3.63) is 0 Å². The number of rotatable bonds is 0. The van der Waals surface area contributed by atoms with E-state index in [2.05, 4.69) is 0 Å². The molecule has 178 valence electrons. The number of carboxylic acids is 2. The van der Waals surface area contributed by atoms with Crippen LogP contribution >= 0.6 is 0 Å². The summed E-state index contributed by atoms with van der Waals surface area (Å²) in [6.07, 6.45) is 1.94. The summed E-state index contributed by atoms with van der Waals surface area (Å²) < 4.78 is 0. The first kappa shape index (κ1) is 28.7. The van der Waals surface area contributed by atoms with Gasteiger partial charge in [0.05, 0.1) is 12.2 Å². The first-order valence-corrected chi connectivity index (χ1v) is 9.96. The zero-order chi connectivity index (χ0) is 24.3. The molecule has 10 nitrogen and oxygen atoms in total. The molecule has 0 spiro atoms. The van der Waals surface area contributed by atoms with Crippen LogP contribution < -0.4 is 0 Å². The van der Waals surface area contributed by atoms with E-state index < -0.39 is 11.9 Å². The molecule has 30 heavy (non-hydrogen) atoms. The Morgan fingerprint density at radius 1 is 0.600 bits per heavy atom. The van der Waals surface area contributed by atoms with Crippen LogP contribution in [-0.4, -0.2) is 87.3 Å². The highest BCUT2D eigenvalue weighted by Gasteiger charge is 2.45. The highest BCUT2D eigenvalue weighted by atomic mass is 16.5. The summed E-state index contributed by atoms with van der Waals surface area (Å²) >= 11 is 0. The lowest BCUT2D eigenvalue weighted by molar-refractivity contribution is -0.257. The van der Waals surface area contributed by atoms with Crippen LogP contribution in [0.25, 0.3) is 0 Å². The minimum Gasteiger partial charge on any atom is -0.473 e. The fourth-order valence-corrected chi connectivity index (χ4v) is 4.44. The van der Waals surface area contributed by atoms with Crippen LogP contribution in [0, 0.1) is 0 Å². The molecule has 2 rings (SSSR count). The highest BCUT2D eigenvalue weighted by molar-refractivity contribution is 6.27. The van der Waals surface area contributed by atoms with Crippen LogP contribution in [0.3, 0.4) is 0 Å². The van der Waals surface area contributed by atoms with E-state index in [1.165, 1.54) is 10.1 Å². The van der Waals surface area contributed by atoms with Crippen LogP contribution in [0.1, 0.15) is 81.1 Å². The molecule has 0 aliphatic carbocycles. The van der Waals surface area contributed by atoms with Crippen LogP contribution in [0.4, 0.5) is 0 Å². The van der Waals surface area contributed by atoms with E-state index in [1.807, 2.05) is 55.4 Å². The minimum absolute atomic E-state index is 0.293. The largest absolute Gasteiger partial charge is 0.473 e. The third kappa shape index (κ3) is 8.09. The first-order valence-electron chi connectivity index (χ1n) is 9.96. The number of hydroxylamine groups is 4. The summed E-state index contributed by atoms with van der Waals surface area (Å²) in [5.41, 5.74) is -1.27. The van der Waals surface area contributed by atoms with Crippen molar-refractivity contribution in [2.75, 3.05) is 0 Å².